The number of alkyl halides is 2. The second kappa shape index (κ2) is 9.86. The van der Waals surface area contributed by atoms with Gasteiger partial charge in [0, 0.05) is 56.8 Å². The van der Waals surface area contributed by atoms with Gasteiger partial charge in [-0.15, -0.1) is 0 Å². The van der Waals surface area contributed by atoms with Crippen LogP contribution in [0.5, 0.6) is 5.75 Å². The Morgan fingerprint density at radius 3 is 2.54 bits per heavy atom. The molecule has 2 fully saturated rings. The van der Waals surface area contributed by atoms with E-state index in [2.05, 4.69) is 14.6 Å². The van der Waals surface area contributed by atoms with Crippen LogP contribution < -0.4 is 9.46 Å². The van der Waals surface area contributed by atoms with Crippen molar-refractivity contribution in [2.24, 2.45) is 5.92 Å². The van der Waals surface area contributed by atoms with Crippen molar-refractivity contribution in [1.82, 2.24) is 14.8 Å². The number of piperazine rings is 1. The molecule has 2 heterocycles. The monoisotopic (exact) mass is 530 g/mol. The summed E-state index contributed by atoms with van der Waals surface area (Å²) in [6.07, 6.45) is 0.394. The van der Waals surface area contributed by atoms with E-state index in [9.17, 15) is 22.0 Å². The van der Waals surface area contributed by atoms with E-state index in [4.69, 9.17) is 4.74 Å². The molecule has 8 nitrogen and oxygen atoms in total. The minimum absolute atomic E-state index is 0.107. The molecule has 1 N–H and O–H groups in total. The summed E-state index contributed by atoms with van der Waals surface area (Å²) in [5, 5.41) is 0.611. The summed E-state index contributed by atoms with van der Waals surface area (Å²) < 4.78 is 61.4. The van der Waals surface area contributed by atoms with Crippen LogP contribution in [0.4, 0.5) is 14.5 Å². The fourth-order valence-corrected chi connectivity index (χ4v) is 5.74. The number of benzene rings is 2. The van der Waals surface area contributed by atoms with Gasteiger partial charge in [0.2, 0.25) is 0 Å². The average Bonchev–Trinajstić information content (AvgIpc) is 3.68. The summed E-state index contributed by atoms with van der Waals surface area (Å²) in [5.74, 6) is 0.00383. The highest BCUT2D eigenvalue weighted by Gasteiger charge is 2.30. The van der Waals surface area contributed by atoms with Crippen LogP contribution in [0.15, 0.2) is 59.6 Å². The summed E-state index contributed by atoms with van der Waals surface area (Å²) in [6.45, 7) is 4.19. The fourth-order valence-electron chi connectivity index (χ4n) is 4.49. The van der Waals surface area contributed by atoms with E-state index in [0.717, 1.165) is 31.6 Å². The van der Waals surface area contributed by atoms with Gasteiger partial charge in [-0.2, -0.15) is 8.78 Å². The molecule has 11 heteroatoms. The number of aromatic nitrogens is 1. The summed E-state index contributed by atoms with van der Waals surface area (Å²) in [4.78, 5) is 21.2. The molecule has 1 aliphatic carbocycles. The topological polar surface area (TPSA) is 91.8 Å². The van der Waals surface area contributed by atoms with Gasteiger partial charge in [0.1, 0.15) is 4.90 Å². The predicted octanol–water partition coefficient (Wildman–Crippen LogP) is 4.19. The first-order valence-electron chi connectivity index (χ1n) is 12.2. The predicted molar refractivity (Wildman–Crippen MR) is 135 cm³/mol. The molecular formula is C26H28F2N4O4S. The molecule has 0 unspecified atom stereocenters. The van der Waals surface area contributed by atoms with E-state index in [-0.39, 0.29) is 27.6 Å². The van der Waals surface area contributed by atoms with Crippen molar-refractivity contribution >= 4 is 32.5 Å². The first-order valence-corrected chi connectivity index (χ1v) is 13.7. The lowest BCUT2D eigenvalue weighted by Crippen LogP contribution is -2.49. The number of hydrogen-bond acceptors (Lipinski definition) is 6. The standard InChI is InChI=1S/C26H28F2N4O4S/c1-26(27,28)36-22-16-20(25(33)32-14-12-31(13-15-32)17-18-7-8-18)9-10-21(22)30-37(34,35)23-6-2-4-19-5-3-11-29-24(19)23/h2-6,9-11,16,18,30H,7-8,12-15,17H2,1H3. The maximum atomic E-state index is 13.9. The molecule has 2 aromatic carbocycles. The number of fused-ring (bicyclic) bond motifs is 1. The number of amides is 1. The van der Waals surface area contributed by atoms with Crippen LogP contribution in [-0.2, 0) is 10.0 Å². The Morgan fingerprint density at radius 2 is 1.84 bits per heavy atom. The minimum Gasteiger partial charge on any atom is -0.431 e. The Labute approximate surface area is 214 Å². The van der Waals surface area contributed by atoms with Crippen molar-refractivity contribution in [1.29, 1.82) is 0 Å². The van der Waals surface area contributed by atoms with Gasteiger partial charge in [-0.05, 0) is 49.1 Å². The number of pyridine rings is 1. The van der Waals surface area contributed by atoms with E-state index < -0.39 is 21.9 Å². The zero-order chi connectivity index (χ0) is 26.2. The first kappa shape index (κ1) is 25.3. The molecule has 196 valence electrons. The smallest absolute Gasteiger partial charge is 0.394 e. The zero-order valence-corrected chi connectivity index (χ0v) is 21.2. The molecule has 0 spiro atoms. The SMILES string of the molecule is CC(F)(F)Oc1cc(C(=O)N2CCN(CC3CC3)CC2)ccc1NS(=O)(=O)c1cccc2cccnc12. The van der Waals surface area contributed by atoms with Gasteiger partial charge in [0.05, 0.1) is 11.2 Å². The van der Waals surface area contributed by atoms with Crippen molar-refractivity contribution in [3.8, 4) is 5.75 Å². The van der Waals surface area contributed by atoms with Crippen LogP contribution in [0.3, 0.4) is 0 Å². The largest absolute Gasteiger partial charge is 0.431 e. The second-order valence-electron chi connectivity index (χ2n) is 9.59. The third-order valence-corrected chi connectivity index (χ3v) is 7.92. The quantitative estimate of drug-likeness (QED) is 0.470. The van der Waals surface area contributed by atoms with Crippen LogP contribution in [-0.4, -0.2) is 67.9 Å². The van der Waals surface area contributed by atoms with Crippen LogP contribution in [0.1, 0.15) is 30.1 Å². The number of sulfonamides is 1. The van der Waals surface area contributed by atoms with Crippen molar-refractivity contribution in [3.63, 3.8) is 0 Å². The normalized spacial score (nSPS) is 17.1. The highest BCUT2D eigenvalue weighted by molar-refractivity contribution is 7.93. The molecule has 0 bridgehead atoms. The number of nitrogens with zero attached hydrogens (tertiary/aromatic N) is 3. The van der Waals surface area contributed by atoms with E-state index >= 15 is 0 Å². The Morgan fingerprint density at radius 1 is 1.11 bits per heavy atom. The van der Waals surface area contributed by atoms with Crippen LogP contribution >= 0.6 is 0 Å². The van der Waals surface area contributed by atoms with Gasteiger partial charge < -0.3 is 9.64 Å². The lowest BCUT2D eigenvalue weighted by Gasteiger charge is -2.35. The molecule has 0 atom stereocenters. The van der Waals surface area contributed by atoms with E-state index in [1.807, 2.05) is 0 Å². The molecule has 1 saturated heterocycles. The van der Waals surface area contributed by atoms with Crippen LogP contribution in [0, 0.1) is 5.92 Å². The number of ether oxygens (including phenoxy) is 1. The van der Waals surface area contributed by atoms with Gasteiger partial charge in [-0.1, -0.05) is 18.2 Å². The minimum atomic E-state index is -4.22. The molecule has 5 rings (SSSR count). The van der Waals surface area contributed by atoms with E-state index in [1.165, 1.54) is 37.2 Å². The number of rotatable bonds is 8. The fraction of sp³-hybridized carbons (Fsp3) is 0.385. The van der Waals surface area contributed by atoms with Gasteiger partial charge in [-0.3, -0.25) is 19.4 Å². The summed E-state index contributed by atoms with van der Waals surface area (Å²) in [7, 11) is -4.22. The van der Waals surface area contributed by atoms with Crippen molar-refractivity contribution in [3.05, 3.63) is 60.3 Å². The maximum Gasteiger partial charge on any atom is 0.394 e. The number of anilines is 1. The number of carbonyl (C=O) groups excluding carboxylic acids is 1. The molecule has 1 amide bonds. The Balaban J connectivity index is 1.39. The average molecular weight is 531 g/mol. The number of nitrogens with one attached hydrogen (secondary N) is 1. The van der Waals surface area contributed by atoms with Crippen molar-refractivity contribution in [2.45, 2.75) is 30.8 Å². The van der Waals surface area contributed by atoms with Gasteiger partial charge >= 0.3 is 6.11 Å². The highest BCUT2D eigenvalue weighted by Crippen LogP contribution is 2.34. The molecule has 0 radical (unpaired) electrons. The third kappa shape index (κ3) is 5.99. The lowest BCUT2D eigenvalue weighted by atomic mass is 10.1. The van der Waals surface area contributed by atoms with Gasteiger partial charge in [-0.25, -0.2) is 8.42 Å². The Bertz CT molecular complexity index is 1410. The van der Waals surface area contributed by atoms with Gasteiger partial charge in [0.15, 0.2) is 5.75 Å². The maximum absolute atomic E-state index is 13.9. The Kier molecular flexibility index (Phi) is 6.76. The van der Waals surface area contributed by atoms with E-state index in [1.54, 1.807) is 29.2 Å². The zero-order valence-electron chi connectivity index (χ0n) is 20.4. The molecule has 1 aliphatic heterocycles. The second-order valence-corrected chi connectivity index (χ2v) is 11.2. The molecule has 37 heavy (non-hydrogen) atoms. The Hall–Kier alpha value is -3.31. The number of carbonyl (C=O) groups is 1. The lowest BCUT2D eigenvalue weighted by molar-refractivity contribution is -0.158. The number of halogens is 2. The van der Waals surface area contributed by atoms with Crippen LogP contribution in [0.25, 0.3) is 10.9 Å². The van der Waals surface area contributed by atoms with Crippen LogP contribution in [0.2, 0.25) is 0 Å². The number of hydrogen-bond donors (Lipinski definition) is 1. The van der Waals surface area contributed by atoms with Gasteiger partial charge in [0.25, 0.3) is 15.9 Å². The van der Waals surface area contributed by atoms with Crippen molar-refractivity contribution in [2.75, 3.05) is 37.4 Å². The molecule has 1 saturated carbocycles. The summed E-state index contributed by atoms with van der Waals surface area (Å²) >= 11 is 0. The van der Waals surface area contributed by atoms with E-state index in [0.29, 0.717) is 25.4 Å². The first-order chi connectivity index (χ1) is 17.6. The third-order valence-electron chi connectivity index (χ3n) is 6.52. The molecule has 1 aromatic heterocycles. The summed E-state index contributed by atoms with van der Waals surface area (Å²) in [5.41, 5.74) is 0.179. The summed E-state index contributed by atoms with van der Waals surface area (Å²) in [6, 6.07) is 11.9. The molecular weight excluding hydrogens is 502 g/mol. The number of para-hydroxylation sites is 1. The highest BCUT2D eigenvalue weighted by atomic mass is 32.2. The van der Waals surface area contributed by atoms with Crippen molar-refractivity contribution < 1.29 is 26.7 Å². The molecule has 3 aromatic rings. The molecule has 2 aliphatic rings.